The van der Waals surface area contributed by atoms with Gasteiger partial charge in [0.05, 0.1) is 23.1 Å². The van der Waals surface area contributed by atoms with Gasteiger partial charge in [-0.2, -0.15) is 0 Å². The fourth-order valence-corrected chi connectivity index (χ4v) is 5.25. The molecule has 0 aliphatic heterocycles. The molecule has 0 fully saturated rings. The third kappa shape index (κ3) is 6.07. The summed E-state index contributed by atoms with van der Waals surface area (Å²) in [5.41, 5.74) is 5.13. The SMILES string of the molecule is CCOCCn1c(C2CCC=C(CCCc3ccc(C(C)(C)C(=O)O)cc3)CC2)nc2ccccc21. The molecule has 36 heavy (non-hydrogen) atoms. The number of hydrogen-bond acceptors (Lipinski definition) is 3. The minimum absolute atomic E-state index is 0.470. The summed E-state index contributed by atoms with van der Waals surface area (Å²) in [6.07, 6.45) is 10.2. The Morgan fingerprint density at radius 3 is 2.64 bits per heavy atom. The zero-order valence-corrected chi connectivity index (χ0v) is 22.0. The van der Waals surface area contributed by atoms with Crippen LogP contribution in [0.2, 0.25) is 0 Å². The van der Waals surface area contributed by atoms with E-state index in [1.54, 1.807) is 19.4 Å². The molecule has 0 amide bonds. The van der Waals surface area contributed by atoms with Crippen molar-refractivity contribution in [2.24, 2.45) is 0 Å². The van der Waals surface area contributed by atoms with Crippen LogP contribution in [0.25, 0.3) is 11.0 Å². The van der Waals surface area contributed by atoms with E-state index in [0.29, 0.717) is 5.92 Å². The second-order valence-electron chi connectivity index (χ2n) is 10.5. The van der Waals surface area contributed by atoms with Crippen LogP contribution in [-0.4, -0.2) is 33.8 Å². The van der Waals surface area contributed by atoms with Crippen LogP contribution in [0.3, 0.4) is 0 Å². The van der Waals surface area contributed by atoms with Crippen LogP contribution in [0.4, 0.5) is 0 Å². The quantitative estimate of drug-likeness (QED) is 0.232. The van der Waals surface area contributed by atoms with E-state index in [4.69, 9.17) is 9.72 Å². The first kappa shape index (κ1) is 26.2. The summed E-state index contributed by atoms with van der Waals surface area (Å²) in [5.74, 6) is 0.895. The number of ether oxygens (including phenoxy) is 1. The Labute approximate surface area is 215 Å². The van der Waals surface area contributed by atoms with Crippen LogP contribution in [0.15, 0.2) is 60.2 Å². The zero-order chi connectivity index (χ0) is 25.5. The number of carbonyl (C=O) groups is 1. The first-order chi connectivity index (χ1) is 17.4. The molecule has 3 aromatic rings. The molecule has 0 spiro atoms. The standard InChI is InChI=1S/C31H40N2O3/c1-4-36-22-21-33-28-14-6-5-13-27(28)32-29(33)25-12-8-11-23(15-18-25)9-7-10-24-16-19-26(20-17-24)31(2,3)30(34)35/h5-6,11,13-14,16-17,19-20,25H,4,7-10,12,15,18,21-22H2,1-3H3,(H,34,35). The maximum Gasteiger partial charge on any atom is 0.313 e. The lowest BCUT2D eigenvalue weighted by atomic mass is 9.84. The summed E-state index contributed by atoms with van der Waals surface area (Å²) >= 11 is 0. The third-order valence-electron chi connectivity index (χ3n) is 7.65. The Balaban J connectivity index is 1.33. The van der Waals surface area contributed by atoms with E-state index >= 15 is 0 Å². The van der Waals surface area contributed by atoms with Gasteiger partial charge in [-0.05, 0) is 89.0 Å². The first-order valence-corrected chi connectivity index (χ1v) is 13.4. The number of nitrogens with zero attached hydrogens (tertiary/aromatic N) is 2. The number of aryl methyl sites for hydroxylation is 1. The van der Waals surface area contributed by atoms with E-state index in [0.717, 1.165) is 75.8 Å². The number of benzene rings is 2. The van der Waals surface area contributed by atoms with Crippen molar-refractivity contribution in [3.05, 3.63) is 77.1 Å². The van der Waals surface area contributed by atoms with Crippen LogP contribution in [0.5, 0.6) is 0 Å². The molecule has 0 bridgehead atoms. The number of imidazole rings is 1. The van der Waals surface area contributed by atoms with Crippen molar-refractivity contribution >= 4 is 17.0 Å². The fraction of sp³-hybridized carbons (Fsp3) is 0.484. The Bertz CT molecular complexity index is 1190. The highest BCUT2D eigenvalue weighted by Crippen LogP contribution is 2.34. The van der Waals surface area contributed by atoms with Crippen molar-refractivity contribution < 1.29 is 14.6 Å². The molecule has 0 radical (unpaired) electrons. The van der Waals surface area contributed by atoms with Gasteiger partial charge in [-0.3, -0.25) is 4.79 Å². The average Bonchev–Trinajstić information content (AvgIpc) is 3.07. The number of hydrogen-bond donors (Lipinski definition) is 1. The maximum absolute atomic E-state index is 11.5. The van der Waals surface area contributed by atoms with Gasteiger partial charge in [0.25, 0.3) is 0 Å². The summed E-state index contributed by atoms with van der Waals surface area (Å²) in [4.78, 5) is 16.6. The van der Waals surface area contributed by atoms with E-state index < -0.39 is 11.4 Å². The monoisotopic (exact) mass is 488 g/mol. The number of rotatable bonds is 11. The van der Waals surface area contributed by atoms with Crippen molar-refractivity contribution in [2.75, 3.05) is 13.2 Å². The van der Waals surface area contributed by atoms with Crippen LogP contribution in [0.1, 0.15) is 82.2 Å². The molecule has 0 saturated carbocycles. The smallest absolute Gasteiger partial charge is 0.313 e. The van der Waals surface area contributed by atoms with E-state index in [2.05, 4.69) is 47.0 Å². The molecular formula is C31H40N2O3. The van der Waals surface area contributed by atoms with Gasteiger partial charge in [0.15, 0.2) is 0 Å². The molecule has 1 atom stereocenters. The zero-order valence-electron chi connectivity index (χ0n) is 22.0. The Morgan fingerprint density at radius 2 is 1.89 bits per heavy atom. The third-order valence-corrected chi connectivity index (χ3v) is 7.65. The van der Waals surface area contributed by atoms with Gasteiger partial charge in [-0.15, -0.1) is 0 Å². The lowest BCUT2D eigenvalue weighted by molar-refractivity contribution is -0.142. The molecule has 5 nitrogen and oxygen atoms in total. The van der Waals surface area contributed by atoms with Gasteiger partial charge in [0.1, 0.15) is 5.82 Å². The number of aliphatic carboxylic acids is 1. The molecule has 2 aromatic carbocycles. The molecule has 4 rings (SSSR count). The second kappa shape index (κ2) is 11.9. The van der Waals surface area contributed by atoms with Gasteiger partial charge in [-0.1, -0.05) is 48.0 Å². The van der Waals surface area contributed by atoms with E-state index in [1.807, 2.05) is 19.1 Å². The fourth-order valence-electron chi connectivity index (χ4n) is 5.25. The number of fused-ring (bicyclic) bond motifs is 1. The van der Waals surface area contributed by atoms with Crippen LogP contribution >= 0.6 is 0 Å². The predicted molar refractivity (Wildman–Crippen MR) is 146 cm³/mol. The van der Waals surface area contributed by atoms with Crippen molar-refractivity contribution in [1.29, 1.82) is 0 Å². The number of para-hydroxylation sites is 2. The lowest BCUT2D eigenvalue weighted by Gasteiger charge is -2.19. The van der Waals surface area contributed by atoms with Crippen LogP contribution in [-0.2, 0) is 27.9 Å². The molecule has 1 aromatic heterocycles. The minimum atomic E-state index is -0.857. The van der Waals surface area contributed by atoms with Gasteiger partial charge in [0.2, 0.25) is 0 Å². The summed E-state index contributed by atoms with van der Waals surface area (Å²) in [6, 6.07) is 16.6. The molecule has 192 valence electrons. The average molecular weight is 489 g/mol. The van der Waals surface area contributed by atoms with Crippen molar-refractivity contribution in [1.82, 2.24) is 9.55 Å². The predicted octanol–water partition coefficient (Wildman–Crippen LogP) is 7.04. The highest BCUT2D eigenvalue weighted by atomic mass is 16.5. The summed E-state index contributed by atoms with van der Waals surface area (Å²) in [7, 11) is 0. The van der Waals surface area contributed by atoms with Crippen molar-refractivity contribution in [3.8, 4) is 0 Å². The second-order valence-corrected chi connectivity index (χ2v) is 10.5. The molecule has 1 N–H and O–H groups in total. The Kier molecular flexibility index (Phi) is 8.63. The van der Waals surface area contributed by atoms with E-state index in [-0.39, 0.29) is 0 Å². The lowest BCUT2D eigenvalue weighted by Crippen LogP contribution is -2.28. The highest BCUT2D eigenvalue weighted by Gasteiger charge is 2.29. The first-order valence-electron chi connectivity index (χ1n) is 13.4. The van der Waals surface area contributed by atoms with Gasteiger partial charge < -0.3 is 14.4 Å². The number of carboxylic acid groups (broad SMARTS) is 1. The van der Waals surface area contributed by atoms with Crippen molar-refractivity contribution in [2.45, 2.75) is 83.6 Å². The number of carboxylic acids is 1. The summed E-state index contributed by atoms with van der Waals surface area (Å²) in [6.45, 7) is 7.86. The van der Waals surface area contributed by atoms with E-state index in [1.165, 1.54) is 16.9 Å². The molecule has 0 saturated heterocycles. The summed E-state index contributed by atoms with van der Waals surface area (Å²) < 4.78 is 8.05. The van der Waals surface area contributed by atoms with Gasteiger partial charge in [0, 0.05) is 19.1 Å². The minimum Gasteiger partial charge on any atom is -0.481 e. The molecule has 1 aliphatic rings. The summed E-state index contributed by atoms with van der Waals surface area (Å²) in [5, 5.41) is 9.45. The molecular weight excluding hydrogens is 448 g/mol. The molecule has 1 unspecified atom stereocenters. The van der Waals surface area contributed by atoms with Crippen LogP contribution in [0, 0.1) is 0 Å². The van der Waals surface area contributed by atoms with Gasteiger partial charge in [-0.25, -0.2) is 4.98 Å². The largest absolute Gasteiger partial charge is 0.481 e. The van der Waals surface area contributed by atoms with Crippen LogP contribution < -0.4 is 0 Å². The Morgan fingerprint density at radius 1 is 1.11 bits per heavy atom. The molecule has 1 heterocycles. The van der Waals surface area contributed by atoms with Crippen molar-refractivity contribution in [3.63, 3.8) is 0 Å². The van der Waals surface area contributed by atoms with Gasteiger partial charge >= 0.3 is 5.97 Å². The number of allylic oxidation sites excluding steroid dienone is 2. The normalized spacial score (nSPS) is 16.6. The Hall–Kier alpha value is -2.92. The maximum atomic E-state index is 11.5. The molecule has 5 heteroatoms. The van der Waals surface area contributed by atoms with E-state index in [9.17, 15) is 9.90 Å². The molecule has 1 aliphatic carbocycles. The highest BCUT2D eigenvalue weighted by molar-refractivity contribution is 5.80. The topological polar surface area (TPSA) is 64.3 Å². The number of aromatic nitrogens is 2.